The molecule has 0 fully saturated rings. The summed E-state index contributed by atoms with van der Waals surface area (Å²) in [5.74, 6) is -0.376. The number of carbonyl (C=O) groups excluding carboxylic acids is 1. The normalized spacial score (nSPS) is 12.3. The van der Waals surface area contributed by atoms with Gasteiger partial charge in [0.25, 0.3) is 0 Å². The molecule has 18 heavy (non-hydrogen) atoms. The fourth-order valence-electron chi connectivity index (χ4n) is 1.42. The molecule has 0 bridgehead atoms. The lowest BCUT2D eigenvalue weighted by Crippen LogP contribution is -2.28. The van der Waals surface area contributed by atoms with E-state index in [1.165, 1.54) is 24.3 Å². The van der Waals surface area contributed by atoms with E-state index >= 15 is 0 Å². The monoisotopic (exact) mass is 258 g/mol. The van der Waals surface area contributed by atoms with Crippen molar-refractivity contribution in [1.82, 2.24) is 0 Å². The molecule has 0 spiro atoms. The summed E-state index contributed by atoms with van der Waals surface area (Å²) in [4.78, 5) is 11.7. The third kappa shape index (κ3) is 4.29. The highest BCUT2D eigenvalue weighted by atomic mass is 19.3. The number of rotatable bonds is 6. The second-order valence-electron chi connectivity index (χ2n) is 3.73. The van der Waals surface area contributed by atoms with Crippen LogP contribution in [0.4, 0.5) is 14.5 Å². The maximum atomic E-state index is 11.9. The predicted octanol–water partition coefficient (Wildman–Crippen LogP) is 2.21. The summed E-state index contributed by atoms with van der Waals surface area (Å²) in [5.41, 5.74) is 5.97. The number of nitrogens with one attached hydrogen (secondary N) is 1. The minimum atomic E-state index is -2.85. The minimum Gasteiger partial charge on any atom is -0.435 e. The first kappa shape index (κ1) is 14.4. The van der Waals surface area contributed by atoms with Crippen LogP contribution in [0.1, 0.15) is 13.3 Å². The van der Waals surface area contributed by atoms with Gasteiger partial charge in [-0.3, -0.25) is 4.79 Å². The summed E-state index contributed by atoms with van der Waals surface area (Å²) in [7, 11) is 0. The van der Waals surface area contributed by atoms with Crippen LogP contribution in [0.2, 0.25) is 0 Å². The Balaban J connectivity index is 2.60. The van der Waals surface area contributed by atoms with Gasteiger partial charge in [-0.15, -0.1) is 0 Å². The molecule has 0 aliphatic rings. The highest BCUT2D eigenvalue weighted by molar-refractivity contribution is 5.92. The van der Waals surface area contributed by atoms with Crippen LogP contribution < -0.4 is 15.8 Å². The molecular formula is C12H16F2N2O2. The highest BCUT2D eigenvalue weighted by Crippen LogP contribution is 2.18. The maximum Gasteiger partial charge on any atom is 0.387 e. The average Bonchev–Trinajstić information content (AvgIpc) is 2.32. The third-order valence-corrected chi connectivity index (χ3v) is 2.50. The number of ether oxygens (including phenoxy) is 1. The Morgan fingerprint density at radius 2 is 2.00 bits per heavy atom. The number of alkyl halides is 2. The van der Waals surface area contributed by atoms with Crippen LogP contribution in [0.5, 0.6) is 5.75 Å². The molecule has 1 aromatic rings. The van der Waals surface area contributed by atoms with Crippen molar-refractivity contribution in [2.75, 3.05) is 11.9 Å². The van der Waals surface area contributed by atoms with Crippen LogP contribution in [0.25, 0.3) is 0 Å². The Morgan fingerprint density at radius 3 is 2.44 bits per heavy atom. The molecule has 0 saturated carbocycles. The van der Waals surface area contributed by atoms with Gasteiger partial charge in [-0.1, -0.05) is 6.92 Å². The summed E-state index contributed by atoms with van der Waals surface area (Å²) in [6.07, 6.45) is 0.648. The fourth-order valence-corrected chi connectivity index (χ4v) is 1.42. The molecule has 0 aromatic heterocycles. The van der Waals surface area contributed by atoms with Crippen LogP contribution in [0, 0.1) is 5.92 Å². The summed E-state index contributed by atoms with van der Waals surface area (Å²) >= 11 is 0. The Morgan fingerprint density at radius 1 is 1.39 bits per heavy atom. The van der Waals surface area contributed by atoms with E-state index in [1.807, 2.05) is 6.92 Å². The van der Waals surface area contributed by atoms with Crippen LogP contribution in [-0.2, 0) is 4.79 Å². The number of nitrogens with two attached hydrogens (primary N) is 1. The zero-order valence-corrected chi connectivity index (χ0v) is 10.0. The van der Waals surface area contributed by atoms with Gasteiger partial charge < -0.3 is 15.8 Å². The van der Waals surface area contributed by atoms with Gasteiger partial charge in [0.15, 0.2) is 0 Å². The fraction of sp³-hybridized carbons (Fsp3) is 0.417. The van der Waals surface area contributed by atoms with Gasteiger partial charge in [0.1, 0.15) is 5.75 Å². The number of amides is 1. The van der Waals surface area contributed by atoms with Gasteiger partial charge in [0.2, 0.25) is 5.91 Å². The zero-order chi connectivity index (χ0) is 13.5. The van der Waals surface area contributed by atoms with Crippen molar-refractivity contribution in [1.29, 1.82) is 0 Å². The minimum absolute atomic E-state index is 0.0499. The Bertz CT molecular complexity index is 378. The van der Waals surface area contributed by atoms with E-state index in [1.54, 1.807) is 0 Å². The van der Waals surface area contributed by atoms with Crippen molar-refractivity contribution >= 4 is 11.6 Å². The molecule has 1 amide bonds. The van der Waals surface area contributed by atoms with E-state index in [2.05, 4.69) is 10.1 Å². The zero-order valence-electron chi connectivity index (χ0n) is 10.0. The summed E-state index contributed by atoms with van der Waals surface area (Å²) in [6, 6.07) is 5.73. The lowest BCUT2D eigenvalue weighted by atomic mass is 10.1. The molecule has 0 heterocycles. The Labute approximate surface area is 104 Å². The second-order valence-corrected chi connectivity index (χ2v) is 3.73. The SMILES string of the molecule is CCC(CN)C(=O)Nc1ccc(OC(F)F)cc1. The number of benzene rings is 1. The molecular weight excluding hydrogens is 242 g/mol. The van der Waals surface area contributed by atoms with Crippen molar-refractivity contribution in [3.63, 3.8) is 0 Å². The van der Waals surface area contributed by atoms with E-state index < -0.39 is 6.61 Å². The van der Waals surface area contributed by atoms with Crippen molar-refractivity contribution < 1.29 is 18.3 Å². The quantitative estimate of drug-likeness (QED) is 0.822. The molecule has 100 valence electrons. The molecule has 1 aromatic carbocycles. The number of halogens is 2. The molecule has 0 aliphatic heterocycles. The van der Waals surface area contributed by atoms with Gasteiger partial charge in [-0.2, -0.15) is 8.78 Å². The van der Waals surface area contributed by atoms with Gasteiger partial charge in [0.05, 0.1) is 5.92 Å². The van der Waals surface area contributed by atoms with Crippen LogP contribution in [0.3, 0.4) is 0 Å². The topological polar surface area (TPSA) is 64.4 Å². The largest absolute Gasteiger partial charge is 0.435 e. The standard InChI is InChI=1S/C12H16F2N2O2/c1-2-8(7-15)11(17)16-9-3-5-10(6-4-9)18-12(13)14/h3-6,8,12H,2,7,15H2,1H3,(H,16,17). The molecule has 1 atom stereocenters. The van der Waals surface area contributed by atoms with Gasteiger partial charge in [-0.05, 0) is 30.7 Å². The van der Waals surface area contributed by atoms with E-state index in [-0.39, 0.29) is 24.1 Å². The van der Waals surface area contributed by atoms with Crippen LogP contribution >= 0.6 is 0 Å². The number of hydrogen-bond donors (Lipinski definition) is 2. The maximum absolute atomic E-state index is 11.9. The van der Waals surface area contributed by atoms with Crippen LogP contribution in [0.15, 0.2) is 24.3 Å². The molecule has 1 rings (SSSR count). The van der Waals surface area contributed by atoms with Gasteiger partial charge in [-0.25, -0.2) is 0 Å². The first-order valence-corrected chi connectivity index (χ1v) is 5.62. The summed E-state index contributed by atoms with van der Waals surface area (Å²) in [5, 5.41) is 2.66. The van der Waals surface area contributed by atoms with Crippen molar-refractivity contribution in [2.45, 2.75) is 20.0 Å². The van der Waals surface area contributed by atoms with Crippen molar-refractivity contribution in [2.24, 2.45) is 11.7 Å². The average molecular weight is 258 g/mol. The molecule has 4 nitrogen and oxygen atoms in total. The lowest BCUT2D eigenvalue weighted by molar-refractivity contribution is -0.119. The predicted molar refractivity (Wildman–Crippen MR) is 64.5 cm³/mol. The molecule has 1 unspecified atom stereocenters. The first-order valence-electron chi connectivity index (χ1n) is 5.62. The molecule has 0 aliphatic carbocycles. The summed E-state index contributed by atoms with van der Waals surface area (Å²) in [6.45, 7) is -0.710. The Kier molecular flexibility index (Phi) is 5.51. The highest BCUT2D eigenvalue weighted by Gasteiger charge is 2.14. The van der Waals surface area contributed by atoms with E-state index in [0.29, 0.717) is 12.1 Å². The van der Waals surface area contributed by atoms with Gasteiger partial charge >= 0.3 is 6.61 Å². The lowest BCUT2D eigenvalue weighted by Gasteiger charge is -2.13. The molecule has 0 radical (unpaired) electrons. The smallest absolute Gasteiger partial charge is 0.387 e. The van der Waals surface area contributed by atoms with Crippen LogP contribution in [-0.4, -0.2) is 19.1 Å². The number of hydrogen-bond acceptors (Lipinski definition) is 3. The third-order valence-electron chi connectivity index (χ3n) is 2.50. The molecule has 6 heteroatoms. The van der Waals surface area contributed by atoms with Gasteiger partial charge in [0, 0.05) is 12.2 Å². The van der Waals surface area contributed by atoms with E-state index in [4.69, 9.17) is 5.73 Å². The summed E-state index contributed by atoms with van der Waals surface area (Å²) < 4.78 is 28.0. The van der Waals surface area contributed by atoms with Crippen molar-refractivity contribution in [3.8, 4) is 5.75 Å². The first-order chi connectivity index (χ1) is 8.56. The molecule has 0 saturated heterocycles. The number of anilines is 1. The van der Waals surface area contributed by atoms with E-state index in [9.17, 15) is 13.6 Å². The number of carbonyl (C=O) groups is 1. The second kappa shape index (κ2) is 6.90. The Hall–Kier alpha value is -1.69. The van der Waals surface area contributed by atoms with Crippen molar-refractivity contribution in [3.05, 3.63) is 24.3 Å². The van der Waals surface area contributed by atoms with E-state index in [0.717, 1.165) is 0 Å². The molecule has 3 N–H and O–H groups in total.